The number of nitrogens with one attached hydrogen (secondary N) is 3. The number of nitrogens with zero attached hydrogens (tertiary/aromatic N) is 2. The van der Waals surface area contributed by atoms with Crippen molar-refractivity contribution in [2.75, 3.05) is 39.0 Å². The highest BCUT2D eigenvalue weighted by Crippen LogP contribution is 2.12. The number of likely N-dealkylation sites (N-methyl/N-ethyl adjacent to an activating group) is 1. The zero-order valence-electron chi connectivity index (χ0n) is 17.3. The Kier molecular flexibility index (Phi) is 9.11. The van der Waals surface area contributed by atoms with Crippen LogP contribution in [0.4, 0.5) is 10.1 Å². The Bertz CT molecular complexity index is 822. The molecule has 0 unspecified atom stereocenters. The molecule has 0 bridgehead atoms. The Hall–Kier alpha value is -2.93. The van der Waals surface area contributed by atoms with Crippen molar-refractivity contribution in [3.63, 3.8) is 0 Å². The number of carbonyl (C=O) groups is 1. The van der Waals surface area contributed by atoms with Gasteiger partial charge < -0.3 is 20.9 Å². The van der Waals surface area contributed by atoms with Gasteiger partial charge in [-0.15, -0.1) is 0 Å². The Morgan fingerprint density at radius 3 is 2.62 bits per heavy atom. The van der Waals surface area contributed by atoms with Crippen LogP contribution >= 0.6 is 0 Å². The molecule has 2 aromatic rings. The molecule has 2 rings (SSSR count). The van der Waals surface area contributed by atoms with Gasteiger partial charge in [-0.05, 0) is 56.8 Å². The minimum Gasteiger partial charge on any atom is -0.357 e. The van der Waals surface area contributed by atoms with Gasteiger partial charge in [0.1, 0.15) is 5.82 Å². The number of benzene rings is 2. The van der Waals surface area contributed by atoms with Gasteiger partial charge in [-0.2, -0.15) is 0 Å². The summed E-state index contributed by atoms with van der Waals surface area (Å²) >= 11 is 0. The van der Waals surface area contributed by atoms with E-state index in [1.807, 2.05) is 56.3 Å². The topological polar surface area (TPSA) is 68.8 Å². The van der Waals surface area contributed by atoms with Gasteiger partial charge in [0.2, 0.25) is 5.91 Å². The molecule has 1 amide bonds. The summed E-state index contributed by atoms with van der Waals surface area (Å²) in [6, 6.07) is 14.4. The summed E-state index contributed by atoms with van der Waals surface area (Å²) in [6.07, 6.45) is 0.574. The standard InChI is InChI=1S/C22H30FN5O/c1-4-24-22(25-13-12-18-9-5-6-11-20(18)23)26-15-17-8-7-10-19(14-17)27-21(29)16-28(2)3/h5-11,14H,4,12-13,15-16H2,1-3H3,(H,27,29)(H2,24,25,26). The van der Waals surface area contributed by atoms with E-state index in [4.69, 9.17) is 0 Å². The highest BCUT2D eigenvalue weighted by atomic mass is 19.1. The molecule has 7 heteroatoms. The molecule has 0 aromatic heterocycles. The fourth-order valence-corrected chi connectivity index (χ4v) is 2.76. The number of guanidine groups is 1. The SMILES string of the molecule is CCNC(=NCc1cccc(NC(=O)CN(C)C)c1)NCCc1ccccc1F. The van der Waals surface area contributed by atoms with Crippen molar-refractivity contribution in [2.45, 2.75) is 19.9 Å². The number of carbonyl (C=O) groups excluding carboxylic acids is 1. The summed E-state index contributed by atoms with van der Waals surface area (Å²) in [6.45, 7) is 4.10. The van der Waals surface area contributed by atoms with E-state index in [0.717, 1.165) is 17.8 Å². The van der Waals surface area contributed by atoms with Crippen LogP contribution in [0.15, 0.2) is 53.5 Å². The summed E-state index contributed by atoms with van der Waals surface area (Å²) in [4.78, 5) is 18.3. The maximum absolute atomic E-state index is 13.7. The fraction of sp³-hybridized carbons (Fsp3) is 0.364. The lowest BCUT2D eigenvalue weighted by atomic mass is 10.1. The largest absolute Gasteiger partial charge is 0.357 e. The van der Waals surface area contributed by atoms with Gasteiger partial charge in [0.05, 0.1) is 13.1 Å². The first-order chi connectivity index (χ1) is 14.0. The molecule has 2 aromatic carbocycles. The molecule has 156 valence electrons. The molecule has 0 fully saturated rings. The smallest absolute Gasteiger partial charge is 0.238 e. The number of hydrogen-bond acceptors (Lipinski definition) is 3. The maximum atomic E-state index is 13.7. The predicted molar refractivity (Wildman–Crippen MR) is 117 cm³/mol. The third-order valence-electron chi connectivity index (χ3n) is 4.08. The Balaban J connectivity index is 1.92. The van der Waals surface area contributed by atoms with Gasteiger partial charge in [-0.25, -0.2) is 9.38 Å². The van der Waals surface area contributed by atoms with Crippen molar-refractivity contribution in [3.8, 4) is 0 Å². The molecular weight excluding hydrogens is 369 g/mol. The molecule has 0 atom stereocenters. The van der Waals surface area contributed by atoms with E-state index in [2.05, 4.69) is 20.9 Å². The van der Waals surface area contributed by atoms with E-state index >= 15 is 0 Å². The van der Waals surface area contributed by atoms with Crippen LogP contribution in [0.3, 0.4) is 0 Å². The second kappa shape index (κ2) is 11.8. The van der Waals surface area contributed by atoms with Crippen molar-refractivity contribution in [2.24, 2.45) is 4.99 Å². The first kappa shape index (κ1) is 22.4. The van der Waals surface area contributed by atoms with E-state index in [9.17, 15) is 9.18 Å². The second-order valence-electron chi connectivity index (χ2n) is 6.95. The highest BCUT2D eigenvalue weighted by Gasteiger charge is 2.05. The lowest BCUT2D eigenvalue weighted by molar-refractivity contribution is -0.116. The Labute approximate surface area is 172 Å². The van der Waals surface area contributed by atoms with E-state index < -0.39 is 0 Å². The molecule has 0 radical (unpaired) electrons. The van der Waals surface area contributed by atoms with Crippen LogP contribution in [0.1, 0.15) is 18.1 Å². The van der Waals surface area contributed by atoms with Crippen molar-refractivity contribution in [1.29, 1.82) is 0 Å². The van der Waals surface area contributed by atoms with Gasteiger partial charge in [-0.3, -0.25) is 4.79 Å². The van der Waals surface area contributed by atoms with Gasteiger partial charge >= 0.3 is 0 Å². The fourth-order valence-electron chi connectivity index (χ4n) is 2.76. The van der Waals surface area contributed by atoms with Crippen molar-refractivity contribution in [3.05, 3.63) is 65.5 Å². The van der Waals surface area contributed by atoms with Crippen LogP contribution in [-0.2, 0) is 17.8 Å². The van der Waals surface area contributed by atoms with Crippen LogP contribution in [-0.4, -0.2) is 50.5 Å². The minimum atomic E-state index is -0.190. The molecule has 0 aliphatic carbocycles. The third kappa shape index (κ3) is 8.31. The van der Waals surface area contributed by atoms with E-state index in [1.165, 1.54) is 6.07 Å². The first-order valence-corrected chi connectivity index (χ1v) is 9.77. The number of hydrogen-bond donors (Lipinski definition) is 3. The lowest BCUT2D eigenvalue weighted by Crippen LogP contribution is -2.38. The van der Waals surface area contributed by atoms with Gasteiger partial charge in [0.15, 0.2) is 5.96 Å². The Morgan fingerprint density at radius 2 is 1.90 bits per heavy atom. The van der Waals surface area contributed by atoms with Crippen molar-refractivity contribution < 1.29 is 9.18 Å². The molecular formula is C22H30FN5O. The molecule has 0 saturated heterocycles. The molecule has 3 N–H and O–H groups in total. The van der Waals surface area contributed by atoms with E-state index in [-0.39, 0.29) is 11.7 Å². The quantitative estimate of drug-likeness (QED) is 0.448. The maximum Gasteiger partial charge on any atom is 0.238 e. The molecule has 6 nitrogen and oxygen atoms in total. The molecule has 0 spiro atoms. The number of amides is 1. The summed E-state index contributed by atoms with van der Waals surface area (Å²) in [7, 11) is 3.71. The van der Waals surface area contributed by atoms with Crippen LogP contribution in [0.25, 0.3) is 0 Å². The van der Waals surface area contributed by atoms with Crippen LogP contribution in [0.2, 0.25) is 0 Å². The molecule has 0 aliphatic rings. The van der Waals surface area contributed by atoms with E-state index in [0.29, 0.717) is 37.6 Å². The van der Waals surface area contributed by atoms with Gasteiger partial charge in [0, 0.05) is 18.8 Å². The lowest BCUT2D eigenvalue weighted by Gasteiger charge is -2.12. The molecule has 0 heterocycles. The number of aliphatic imine (C=N–C) groups is 1. The first-order valence-electron chi connectivity index (χ1n) is 9.77. The summed E-state index contributed by atoms with van der Waals surface area (Å²) in [5.41, 5.74) is 2.41. The van der Waals surface area contributed by atoms with Crippen LogP contribution in [0, 0.1) is 5.82 Å². The zero-order chi connectivity index (χ0) is 21.1. The average Bonchev–Trinajstić information content (AvgIpc) is 2.67. The molecule has 0 aliphatic heterocycles. The third-order valence-corrected chi connectivity index (χ3v) is 4.08. The summed E-state index contributed by atoms with van der Waals surface area (Å²) in [5.74, 6) is 0.425. The normalized spacial score (nSPS) is 11.4. The highest BCUT2D eigenvalue weighted by molar-refractivity contribution is 5.92. The predicted octanol–water partition coefficient (Wildman–Crippen LogP) is 2.62. The molecule has 29 heavy (non-hydrogen) atoms. The monoisotopic (exact) mass is 399 g/mol. The second-order valence-corrected chi connectivity index (χ2v) is 6.95. The minimum absolute atomic E-state index is 0.0567. The van der Waals surface area contributed by atoms with Crippen LogP contribution < -0.4 is 16.0 Å². The molecule has 0 saturated carbocycles. The van der Waals surface area contributed by atoms with Gasteiger partial charge in [0.25, 0.3) is 0 Å². The number of rotatable bonds is 9. The zero-order valence-corrected chi connectivity index (χ0v) is 17.3. The van der Waals surface area contributed by atoms with Crippen molar-refractivity contribution in [1.82, 2.24) is 15.5 Å². The summed E-state index contributed by atoms with van der Waals surface area (Å²) < 4.78 is 13.7. The van der Waals surface area contributed by atoms with Crippen molar-refractivity contribution >= 4 is 17.6 Å². The van der Waals surface area contributed by atoms with Crippen LogP contribution in [0.5, 0.6) is 0 Å². The number of anilines is 1. The van der Waals surface area contributed by atoms with Gasteiger partial charge in [-0.1, -0.05) is 30.3 Å². The Morgan fingerprint density at radius 1 is 1.10 bits per heavy atom. The average molecular weight is 400 g/mol. The summed E-state index contributed by atoms with van der Waals surface area (Å²) in [5, 5.41) is 9.31. The van der Waals surface area contributed by atoms with E-state index in [1.54, 1.807) is 12.1 Å². The number of halogens is 1.